The average Bonchev–Trinajstić information content (AvgIpc) is 2.97. The fourth-order valence-electron chi connectivity index (χ4n) is 3.38. The molecule has 3 rings (SSSR count). The van der Waals surface area contributed by atoms with Gasteiger partial charge in [-0.25, -0.2) is 17.6 Å². The molecule has 0 N–H and O–H groups in total. The highest BCUT2D eigenvalue weighted by atomic mass is 19.2. The van der Waals surface area contributed by atoms with E-state index in [1.807, 2.05) is 0 Å². The largest absolute Gasteiger partial charge is 0.251 e. The van der Waals surface area contributed by atoms with Gasteiger partial charge in [0.1, 0.15) is 0 Å². The van der Waals surface area contributed by atoms with Gasteiger partial charge in [0, 0.05) is 11.1 Å². The van der Waals surface area contributed by atoms with Crippen molar-refractivity contribution in [1.29, 1.82) is 0 Å². The zero-order valence-corrected chi connectivity index (χ0v) is 13.6. The molecule has 0 radical (unpaired) electrons. The highest BCUT2D eigenvalue weighted by Gasteiger charge is 2.31. The zero-order valence-electron chi connectivity index (χ0n) is 13.6. The van der Waals surface area contributed by atoms with E-state index in [0.717, 1.165) is 0 Å². The molecule has 0 bridgehead atoms. The molecule has 0 heterocycles. The molecule has 0 spiro atoms. The van der Waals surface area contributed by atoms with Crippen molar-refractivity contribution in [2.45, 2.75) is 32.1 Å². The van der Waals surface area contributed by atoms with Gasteiger partial charge >= 0.3 is 0 Å². The van der Waals surface area contributed by atoms with Crippen LogP contribution >= 0.6 is 0 Å². The Hall–Kier alpha value is -2.17. The van der Waals surface area contributed by atoms with Gasteiger partial charge in [0.05, 0.1) is 6.67 Å². The van der Waals surface area contributed by atoms with Gasteiger partial charge in [-0.05, 0) is 54.4 Å². The van der Waals surface area contributed by atoms with Crippen LogP contribution in [0.5, 0.6) is 0 Å². The third-order valence-corrected chi connectivity index (χ3v) is 4.56. The van der Waals surface area contributed by atoms with E-state index in [2.05, 4.69) is 6.58 Å². The van der Waals surface area contributed by atoms with Crippen molar-refractivity contribution >= 4 is 0 Å². The number of allylic oxidation sites excluding steroid dienone is 1. The summed E-state index contributed by atoms with van der Waals surface area (Å²) < 4.78 is 69.9. The summed E-state index contributed by atoms with van der Waals surface area (Å²) in [5.74, 6) is -4.49. The molecule has 0 aromatic heterocycles. The first-order chi connectivity index (χ1) is 12.0. The number of aryl methyl sites for hydroxylation is 2. The molecule has 2 aromatic rings. The maximum Gasteiger partial charge on any atom is 0.167 e. The molecule has 2 aromatic carbocycles. The number of fused-ring (bicyclic) bond motifs is 3. The van der Waals surface area contributed by atoms with E-state index >= 15 is 0 Å². The number of hydrogen-bond donors (Lipinski definition) is 0. The van der Waals surface area contributed by atoms with Gasteiger partial charge in [-0.15, -0.1) is 6.58 Å². The molecular weight excluding hydrogens is 335 g/mol. The fourth-order valence-corrected chi connectivity index (χ4v) is 3.38. The molecule has 0 fully saturated rings. The lowest BCUT2D eigenvalue weighted by Gasteiger charge is -2.11. The van der Waals surface area contributed by atoms with Gasteiger partial charge in [0.25, 0.3) is 0 Å². The van der Waals surface area contributed by atoms with Crippen molar-refractivity contribution in [3.8, 4) is 11.1 Å². The Labute approximate surface area is 143 Å². The van der Waals surface area contributed by atoms with Crippen molar-refractivity contribution in [2.24, 2.45) is 0 Å². The van der Waals surface area contributed by atoms with Crippen LogP contribution in [0.25, 0.3) is 11.1 Å². The Morgan fingerprint density at radius 1 is 0.840 bits per heavy atom. The third kappa shape index (κ3) is 2.96. The van der Waals surface area contributed by atoms with Crippen LogP contribution in [0.1, 0.15) is 35.1 Å². The van der Waals surface area contributed by atoms with Crippen LogP contribution in [0.4, 0.5) is 22.0 Å². The summed E-state index contributed by atoms with van der Waals surface area (Å²) in [4.78, 5) is 0. The predicted molar refractivity (Wildman–Crippen MR) is 87.3 cm³/mol. The maximum absolute atomic E-state index is 14.5. The van der Waals surface area contributed by atoms with Crippen LogP contribution in [0.2, 0.25) is 0 Å². The van der Waals surface area contributed by atoms with Crippen LogP contribution in [0.15, 0.2) is 24.8 Å². The van der Waals surface area contributed by atoms with Crippen molar-refractivity contribution in [1.82, 2.24) is 0 Å². The van der Waals surface area contributed by atoms with Gasteiger partial charge in [0.15, 0.2) is 23.3 Å². The first-order valence-corrected chi connectivity index (χ1v) is 8.16. The topological polar surface area (TPSA) is 0 Å². The Kier molecular flexibility index (Phi) is 4.93. The minimum absolute atomic E-state index is 0.0598. The molecule has 132 valence electrons. The maximum atomic E-state index is 14.5. The Morgan fingerprint density at radius 3 is 1.84 bits per heavy atom. The van der Waals surface area contributed by atoms with Crippen molar-refractivity contribution < 1.29 is 22.0 Å². The van der Waals surface area contributed by atoms with E-state index in [4.69, 9.17) is 0 Å². The second-order valence-corrected chi connectivity index (χ2v) is 6.19. The molecule has 1 aliphatic rings. The van der Waals surface area contributed by atoms with Gasteiger partial charge in [0.2, 0.25) is 0 Å². The predicted octanol–water partition coefficient (Wildman–Crippen LogP) is 5.83. The van der Waals surface area contributed by atoms with E-state index in [0.29, 0.717) is 17.5 Å². The van der Waals surface area contributed by atoms with Gasteiger partial charge < -0.3 is 0 Å². The lowest BCUT2D eigenvalue weighted by molar-refractivity contribution is 0.460. The van der Waals surface area contributed by atoms with E-state index in [1.165, 1.54) is 12.1 Å². The number of benzene rings is 2. The summed E-state index contributed by atoms with van der Waals surface area (Å²) >= 11 is 0. The fraction of sp³-hybridized carbons (Fsp3) is 0.300. The average molecular weight is 352 g/mol. The van der Waals surface area contributed by atoms with Crippen molar-refractivity contribution in [3.63, 3.8) is 0 Å². The lowest BCUT2D eigenvalue weighted by atomic mass is 9.97. The van der Waals surface area contributed by atoms with Crippen molar-refractivity contribution in [3.05, 3.63) is 70.3 Å². The van der Waals surface area contributed by atoms with Gasteiger partial charge in [-0.2, -0.15) is 0 Å². The third-order valence-electron chi connectivity index (χ3n) is 4.56. The van der Waals surface area contributed by atoms with E-state index in [-0.39, 0.29) is 47.9 Å². The molecule has 25 heavy (non-hydrogen) atoms. The van der Waals surface area contributed by atoms with Crippen LogP contribution < -0.4 is 0 Å². The SMILES string of the molecule is C=CCCc1cc2c(c(F)c1F)-c1c(cc(CCCF)c(F)c1F)C2. The molecule has 0 saturated carbocycles. The summed E-state index contributed by atoms with van der Waals surface area (Å²) in [6.07, 6.45) is 2.71. The Morgan fingerprint density at radius 2 is 1.36 bits per heavy atom. The first-order valence-electron chi connectivity index (χ1n) is 8.16. The minimum atomic E-state index is -1.19. The molecule has 0 saturated heterocycles. The van der Waals surface area contributed by atoms with E-state index in [1.54, 1.807) is 6.08 Å². The normalized spacial score (nSPS) is 12.2. The van der Waals surface area contributed by atoms with Crippen LogP contribution in [0.3, 0.4) is 0 Å². The molecule has 0 amide bonds. The molecule has 0 nitrogen and oxygen atoms in total. The lowest BCUT2D eigenvalue weighted by Crippen LogP contribution is -2.02. The number of rotatable bonds is 6. The summed E-state index contributed by atoms with van der Waals surface area (Å²) in [5, 5.41) is 0. The summed E-state index contributed by atoms with van der Waals surface area (Å²) in [7, 11) is 0. The minimum Gasteiger partial charge on any atom is -0.251 e. The van der Waals surface area contributed by atoms with E-state index in [9.17, 15) is 22.0 Å². The standard InChI is InChI=1S/C20H17F5/c1-2-3-5-11-8-13-10-14-9-12(6-4-7-21)18(23)20(25)16(14)15(13)19(24)17(11)22/h2,8-9H,1,3-7,10H2. The highest BCUT2D eigenvalue weighted by Crippen LogP contribution is 2.43. The molecule has 0 atom stereocenters. The molecule has 1 aliphatic carbocycles. The monoisotopic (exact) mass is 352 g/mol. The van der Waals surface area contributed by atoms with Crippen LogP contribution in [-0.2, 0) is 19.3 Å². The quantitative estimate of drug-likeness (QED) is 0.386. The Bertz CT molecular complexity index is 839. The number of halogens is 5. The number of alkyl halides is 1. The van der Waals surface area contributed by atoms with Crippen LogP contribution in [0, 0.1) is 23.3 Å². The smallest absolute Gasteiger partial charge is 0.167 e. The summed E-state index contributed by atoms with van der Waals surface area (Å²) in [6.45, 7) is 2.92. The Balaban J connectivity index is 2.12. The summed E-state index contributed by atoms with van der Waals surface area (Å²) in [6, 6.07) is 2.94. The second kappa shape index (κ2) is 6.98. The van der Waals surface area contributed by atoms with Gasteiger partial charge in [-0.3, -0.25) is 4.39 Å². The first kappa shape index (κ1) is 17.6. The molecule has 0 aliphatic heterocycles. The second-order valence-electron chi connectivity index (χ2n) is 6.19. The molecular formula is C20H17F5. The van der Waals surface area contributed by atoms with Crippen molar-refractivity contribution in [2.75, 3.05) is 6.67 Å². The zero-order chi connectivity index (χ0) is 18.1. The molecule has 5 heteroatoms. The highest BCUT2D eigenvalue weighted by molar-refractivity contribution is 5.79. The van der Waals surface area contributed by atoms with E-state index < -0.39 is 29.9 Å². The van der Waals surface area contributed by atoms with Crippen LogP contribution in [-0.4, -0.2) is 6.67 Å². The van der Waals surface area contributed by atoms with Gasteiger partial charge in [-0.1, -0.05) is 18.2 Å². The number of hydrogen-bond acceptors (Lipinski definition) is 0. The molecule has 0 unspecified atom stereocenters. The summed E-state index contributed by atoms with van der Waals surface area (Å²) in [5.41, 5.74) is 0.680.